The van der Waals surface area contributed by atoms with Gasteiger partial charge < -0.3 is 4.43 Å². The largest absolute Gasteiger partial charge is 0.538 e. The van der Waals surface area contributed by atoms with E-state index in [0.29, 0.717) is 0 Å². The van der Waals surface area contributed by atoms with Crippen molar-refractivity contribution in [2.75, 3.05) is 0 Å². The quantitative estimate of drug-likeness (QED) is 0.541. The van der Waals surface area contributed by atoms with Gasteiger partial charge in [-0.1, -0.05) is 74.5 Å². The van der Waals surface area contributed by atoms with Gasteiger partial charge in [-0.3, -0.25) is 0 Å². The molecule has 0 fully saturated rings. The molecule has 2 rings (SSSR count). The monoisotopic (exact) mass is 310 g/mol. The minimum Gasteiger partial charge on any atom is -0.538 e. The van der Waals surface area contributed by atoms with Crippen LogP contribution in [0, 0.1) is 0 Å². The summed E-state index contributed by atoms with van der Waals surface area (Å²) in [6.45, 7) is 6.68. The Morgan fingerprint density at radius 3 is 1.82 bits per heavy atom. The zero-order valence-corrected chi connectivity index (χ0v) is 14.9. The van der Waals surface area contributed by atoms with Crippen molar-refractivity contribution in [1.82, 2.24) is 0 Å². The average molecular weight is 311 g/mol. The molecule has 0 saturated heterocycles. The fraction of sp³-hybridized carbons (Fsp3) is 0.300. The van der Waals surface area contributed by atoms with Gasteiger partial charge in [-0.2, -0.15) is 0 Å². The smallest absolute Gasteiger partial charge is 0.311 e. The fourth-order valence-corrected chi connectivity index (χ4v) is 5.66. The zero-order valence-electron chi connectivity index (χ0n) is 13.9. The normalized spacial score (nSPS) is 12.2. The van der Waals surface area contributed by atoms with Crippen molar-refractivity contribution in [3.8, 4) is 0 Å². The Labute approximate surface area is 135 Å². The number of allylic oxidation sites excluding steroid dienone is 2. The molecule has 1 nitrogen and oxygen atoms in total. The molecule has 0 unspecified atom stereocenters. The van der Waals surface area contributed by atoms with Gasteiger partial charge in [0.05, 0.1) is 5.76 Å². The summed E-state index contributed by atoms with van der Waals surface area (Å²) >= 11 is 0. The van der Waals surface area contributed by atoms with Crippen LogP contribution in [0.1, 0.15) is 33.1 Å². The molecular weight excluding hydrogens is 284 g/mol. The van der Waals surface area contributed by atoms with Crippen LogP contribution in [-0.4, -0.2) is 8.32 Å². The van der Waals surface area contributed by atoms with Crippen molar-refractivity contribution in [2.24, 2.45) is 0 Å². The second kappa shape index (κ2) is 8.00. The molecule has 0 heterocycles. The van der Waals surface area contributed by atoms with Gasteiger partial charge in [0.25, 0.3) is 0 Å². The Morgan fingerprint density at radius 2 is 1.41 bits per heavy atom. The summed E-state index contributed by atoms with van der Waals surface area (Å²) in [6.07, 6.45) is 5.38. The molecule has 0 amide bonds. The molecule has 2 aromatic rings. The maximum absolute atomic E-state index is 6.69. The molecule has 0 radical (unpaired) electrons. The molecule has 0 aliphatic rings. The predicted molar refractivity (Wildman–Crippen MR) is 98.1 cm³/mol. The number of hydrogen-bond donors (Lipinski definition) is 0. The Bertz CT molecular complexity index is 550. The molecular formula is C20H26OSi. The predicted octanol–water partition coefficient (Wildman–Crippen LogP) is 4.49. The van der Waals surface area contributed by atoms with Crippen LogP contribution in [0.4, 0.5) is 0 Å². The topological polar surface area (TPSA) is 9.23 Å². The molecule has 0 bridgehead atoms. The third-order valence-electron chi connectivity index (χ3n) is 3.91. The van der Waals surface area contributed by atoms with Gasteiger partial charge in [-0.15, -0.1) is 0 Å². The summed E-state index contributed by atoms with van der Waals surface area (Å²) in [5.41, 5.74) is 0. The maximum atomic E-state index is 6.69. The molecule has 2 heteroatoms. The summed E-state index contributed by atoms with van der Waals surface area (Å²) in [5.74, 6) is 1.15. The van der Waals surface area contributed by atoms with E-state index in [1.807, 2.05) is 0 Å². The molecule has 0 N–H and O–H groups in total. The van der Waals surface area contributed by atoms with Crippen LogP contribution in [0.15, 0.2) is 72.5 Å². The minimum atomic E-state index is -2.21. The van der Waals surface area contributed by atoms with Gasteiger partial charge in [0.15, 0.2) is 0 Å². The number of hydrogen-bond acceptors (Lipinski definition) is 1. The van der Waals surface area contributed by atoms with Crippen LogP contribution in [0.3, 0.4) is 0 Å². The molecule has 22 heavy (non-hydrogen) atoms. The highest BCUT2D eigenvalue weighted by Crippen LogP contribution is 2.17. The molecule has 0 saturated carbocycles. The van der Waals surface area contributed by atoms with E-state index in [4.69, 9.17) is 4.43 Å². The van der Waals surface area contributed by atoms with Crippen molar-refractivity contribution < 1.29 is 4.43 Å². The standard InChI is InChI=1S/C20H26OSi/c1-4-12-18(13-5-2)21-22(3,19-14-8-6-9-15-19)20-16-10-7-11-17-20/h6-12,14-17H,4-5,13H2,1-3H3/b18-12+. The lowest BCUT2D eigenvalue weighted by molar-refractivity contribution is 0.405. The van der Waals surface area contributed by atoms with Crippen LogP contribution < -0.4 is 10.4 Å². The van der Waals surface area contributed by atoms with E-state index in [9.17, 15) is 0 Å². The lowest BCUT2D eigenvalue weighted by atomic mass is 10.2. The highest BCUT2D eigenvalue weighted by Gasteiger charge is 2.36. The van der Waals surface area contributed by atoms with Crippen LogP contribution in [0.25, 0.3) is 0 Å². The van der Waals surface area contributed by atoms with Gasteiger partial charge in [-0.25, -0.2) is 0 Å². The Hall–Kier alpha value is -1.80. The first-order valence-corrected chi connectivity index (χ1v) is 10.6. The molecule has 116 valence electrons. The van der Waals surface area contributed by atoms with Crippen molar-refractivity contribution in [3.63, 3.8) is 0 Å². The Kier molecular flexibility index (Phi) is 6.02. The average Bonchev–Trinajstić information content (AvgIpc) is 2.57. The molecule has 0 spiro atoms. The second-order valence-corrected chi connectivity index (χ2v) is 9.12. The second-order valence-electron chi connectivity index (χ2n) is 5.70. The summed E-state index contributed by atoms with van der Waals surface area (Å²) < 4.78 is 6.69. The van der Waals surface area contributed by atoms with E-state index in [1.165, 1.54) is 10.4 Å². The molecule has 0 aliphatic carbocycles. The Morgan fingerprint density at radius 1 is 0.909 bits per heavy atom. The first-order valence-electron chi connectivity index (χ1n) is 8.19. The van der Waals surface area contributed by atoms with Gasteiger partial charge in [0.2, 0.25) is 0 Å². The van der Waals surface area contributed by atoms with E-state index in [1.54, 1.807) is 0 Å². The summed E-state index contributed by atoms with van der Waals surface area (Å²) in [5, 5.41) is 2.64. The van der Waals surface area contributed by atoms with Crippen molar-refractivity contribution in [2.45, 2.75) is 39.7 Å². The van der Waals surface area contributed by atoms with Gasteiger partial charge >= 0.3 is 8.32 Å². The van der Waals surface area contributed by atoms with Crippen molar-refractivity contribution >= 4 is 18.7 Å². The maximum Gasteiger partial charge on any atom is 0.311 e. The van der Waals surface area contributed by atoms with E-state index < -0.39 is 8.32 Å². The van der Waals surface area contributed by atoms with E-state index in [2.05, 4.69) is 87.1 Å². The Balaban J connectivity index is 2.44. The third-order valence-corrected chi connectivity index (χ3v) is 7.45. The first-order chi connectivity index (χ1) is 10.7. The lowest BCUT2D eigenvalue weighted by Crippen LogP contribution is -2.58. The molecule has 2 aromatic carbocycles. The number of rotatable bonds is 7. The molecule has 0 aliphatic heterocycles. The molecule has 0 atom stereocenters. The van der Waals surface area contributed by atoms with Crippen LogP contribution in [0.2, 0.25) is 6.55 Å². The zero-order chi connectivity index (χ0) is 15.8. The summed E-state index contributed by atoms with van der Waals surface area (Å²) in [4.78, 5) is 0. The van der Waals surface area contributed by atoms with E-state index >= 15 is 0 Å². The minimum absolute atomic E-state index is 1.01. The van der Waals surface area contributed by atoms with Crippen LogP contribution in [0.5, 0.6) is 0 Å². The van der Waals surface area contributed by atoms with E-state index in [0.717, 1.165) is 25.0 Å². The van der Waals surface area contributed by atoms with E-state index in [-0.39, 0.29) is 0 Å². The SMILES string of the molecule is CC/C=C(\CCC)O[Si](C)(c1ccccc1)c1ccccc1. The first kappa shape index (κ1) is 16.6. The van der Waals surface area contributed by atoms with Gasteiger partial charge in [0, 0.05) is 6.42 Å². The highest BCUT2D eigenvalue weighted by molar-refractivity contribution is 6.96. The van der Waals surface area contributed by atoms with Gasteiger partial charge in [-0.05, 0) is 35.8 Å². The highest BCUT2D eigenvalue weighted by atomic mass is 28.4. The molecule has 0 aromatic heterocycles. The lowest BCUT2D eigenvalue weighted by Gasteiger charge is -2.30. The number of benzene rings is 2. The summed E-state index contributed by atoms with van der Waals surface area (Å²) in [6, 6.07) is 21.4. The third kappa shape index (κ3) is 3.89. The van der Waals surface area contributed by atoms with Crippen LogP contribution >= 0.6 is 0 Å². The van der Waals surface area contributed by atoms with Gasteiger partial charge in [0.1, 0.15) is 0 Å². The summed E-state index contributed by atoms with van der Waals surface area (Å²) in [7, 11) is -2.21. The van der Waals surface area contributed by atoms with Crippen molar-refractivity contribution in [3.05, 3.63) is 72.5 Å². The van der Waals surface area contributed by atoms with Crippen molar-refractivity contribution in [1.29, 1.82) is 0 Å². The fourth-order valence-electron chi connectivity index (χ4n) is 2.73. The van der Waals surface area contributed by atoms with Crippen LogP contribution in [-0.2, 0) is 4.43 Å².